The van der Waals surface area contributed by atoms with Crippen LogP contribution in [-0.2, 0) is 9.53 Å². The third-order valence-corrected chi connectivity index (χ3v) is 3.31. The van der Waals surface area contributed by atoms with Crippen LogP contribution in [-0.4, -0.2) is 19.2 Å². The molecule has 0 radical (unpaired) electrons. The largest absolute Gasteiger partial charge is 0.482 e. The summed E-state index contributed by atoms with van der Waals surface area (Å²) in [7, 11) is 0. The summed E-state index contributed by atoms with van der Waals surface area (Å²) in [6.45, 7) is 3.37. The molecule has 0 bridgehead atoms. The van der Waals surface area contributed by atoms with Crippen LogP contribution in [0.3, 0.4) is 0 Å². The normalized spacial score (nSPS) is 10.6. The first-order valence-corrected chi connectivity index (χ1v) is 7.04. The van der Waals surface area contributed by atoms with Crippen molar-refractivity contribution in [2.75, 3.05) is 13.2 Å². The molecule has 1 heterocycles. The fourth-order valence-corrected chi connectivity index (χ4v) is 2.29. The van der Waals surface area contributed by atoms with E-state index in [0.29, 0.717) is 16.7 Å². The number of ether oxygens (including phenoxy) is 2. The van der Waals surface area contributed by atoms with Gasteiger partial charge >= 0.3 is 11.6 Å². The standard InChI is InChI=1S/C18H14O5/c1-2-9-21-17(19)11-22-12-7-8-14-13-5-3-4-6-15(13)18(20)23-16(14)10-12/h2-8,10H,1,9,11H2. The van der Waals surface area contributed by atoms with Crippen LogP contribution in [0.4, 0.5) is 0 Å². The SMILES string of the molecule is C=CCOC(=O)COc1ccc2c(c1)oc(=O)c1ccccc12. The minimum absolute atomic E-state index is 0.140. The number of hydrogen-bond acceptors (Lipinski definition) is 5. The molecule has 0 unspecified atom stereocenters. The Morgan fingerprint density at radius 3 is 2.70 bits per heavy atom. The molecule has 0 saturated heterocycles. The summed E-state index contributed by atoms with van der Waals surface area (Å²) < 4.78 is 15.5. The molecule has 5 heteroatoms. The first-order chi connectivity index (χ1) is 11.2. The Balaban J connectivity index is 1.90. The van der Waals surface area contributed by atoms with E-state index in [1.165, 1.54) is 6.08 Å². The highest BCUT2D eigenvalue weighted by Crippen LogP contribution is 2.26. The van der Waals surface area contributed by atoms with Gasteiger partial charge in [0.1, 0.15) is 17.9 Å². The zero-order valence-corrected chi connectivity index (χ0v) is 12.3. The minimum atomic E-state index is -0.495. The molecule has 0 fully saturated rings. The van der Waals surface area contributed by atoms with Gasteiger partial charge < -0.3 is 13.9 Å². The van der Waals surface area contributed by atoms with Gasteiger partial charge in [0.05, 0.1) is 5.39 Å². The Hall–Kier alpha value is -3.08. The number of carbonyl (C=O) groups excluding carboxylic acids is 1. The fraction of sp³-hybridized carbons (Fsp3) is 0.111. The van der Waals surface area contributed by atoms with Gasteiger partial charge in [0.25, 0.3) is 0 Å². The summed E-state index contributed by atoms with van der Waals surface area (Å²) >= 11 is 0. The van der Waals surface area contributed by atoms with Crippen LogP contribution in [0.15, 0.2) is 64.3 Å². The third-order valence-electron chi connectivity index (χ3n) is 3.31. The number of carbonyl (C=O) groups is 1. The predicted octanol–water partition coefficient (Wildman–Crippen LogP) is 3.05. The molecule has 3 aromatic rings. The van der Waals surface area contributed by atoms with Crippen LogP contribution in [0.2, 0.25) is 0 Å². The summed E-state index contributed by atoms with van der Waals surface area (Å²) in [4.78, 5) is 23.4. The van der Waals surface area contributed by atoms with Crippen LogP contribution >= 0.6 is 0 Å². The van der Waals surface area contributed by atoms with Crippen LogP contribution < -0.4 is 10.4 Å². The van der Waals surface area contributed by atoms with E-state index in [1.807, 2.05) is 12.1 Å². The van der Waals surface area contributed by atoms with Crippen molar-refractivity contribution < 1.29 is 18.7 Å². The molecule has 0 aliphatic rings. The molecule has 1 aromatic heterocycles. The molecule has 0 N–H and O–H groups in total. The number of rotatable bonds is 5. The maximum Gasteiger partial charge on any atom is 0.344 e. The van der Waals surface area contributed by atoms with Crippen molar-refractivity contribution in [2.45, 2.75) is 0 Å². The monoisotopic (exact) mass is 310 g/mol. The molecular formula is C18H14O5. The molecule has 0 saturated carbocycles. The average Bonchev–Trinajstić information content (AvgIpc) is 2.58. The summed E-state index contributed by atoms with van der Waals surface area (Å²) in [5, 5.41) is 2.15. The van der Waals surface area contributed by atoms with Crippen LogP contribution in [0.25, 0.3) is 21.7 Å². The quantitative estimate of drug-likeness (QED) is 0.314. The molecule has 5 nitrogen and oxygen atoms in total. The van der Waals surface area contributed by atoms with E-state index in [0.717, 1.165) is 10.8 Å². The second-order valence-corrected chi connectivity index (χ2v) is 4.85. The number of fused-ring (bicyclic) bond motifs is 3. The van der Waals surface area contributed by atoms with Gasteiger partial charge in [0.2, 0.25) is 0 Å². The van der Waals surface area contributed by atoms with Gasteiger partial charge in [-0.25, -0.2) is 9.59 Å². The van der Waals surface area contributed by atoms with Gasteiger partial charge in [-0.05, 0) is 23.6 Å². The highest BCUT2D eigenvalue weighted by atomic mass is 16.6. The molecule has 23 heavy (non-hydrogen) atoms. The third kappa shape index (κ3) is 3.08. The average molecular weight is 310 g/mol. The maximum absolute atomic E-state index is 12.0. The lowest BCUT2D eigenvalue weighted by Gasteiger charge is -2.07. The molecule has 0 spiro atoms. The Kier molecular flexibility index (Phi) is 4.10. The number of benzene rings is 2. The lowest BCUT2D eigenvalue weighted by atomic mass is 10.1. The molecule has 0 aliphatic heterocycles. The predicted molar refractivity (Wildman–Crippen MR) is 86.6 cm³/mol. The van der Waals surface area contributed by atoms with Crippen LogP contribution in [0.1, 0.15) is 0 Å². The van der Waals surface area contributed by atoms with Crippen molar-refractivity contribution >= 4 is 27.7 Å². The smallest absolute Gasteiger partial charge is 0.344 e. The fourth-order valence-electron chi connectivity index (χ4n) is 2.29. The van der Waals surface area contributed by atoms with Crippen molar-refractivity contribution in [3.63, 3.8) is 0 Å². The van der Waals surface area contributed by atoms with E-state index in [4.69, 9.17) is 13.9 Å². The zero-order valence-electron chi connectivity index (χ0n) is 12.3. The van der Waals surface area contributed by atoms with Gasteiger partial charge in [-0.1, -0.05) is 30.9 Å². The van der Waals surface area contributed by atoms with E-state index >= 15 is 0 Å². The first-order valence-electron chi connectivity index (χ1n) is 7.04. The molecular weight excluding hydrogens is 296 g/mol. The Bertz CT molecular complexity index is 939. The van der Waals surface area contributed by atoms with Crippen molar-refractivity contribution in [2.24, 2.45) is 0 Å². The zero-order chi connectivity index (χ0) is 16.2. The van der Waals surface area contributed by atoms with Crippen LogP contribution in [0.5, 0.6) is 5.75 Å². The maximum atomic E-state index is 12.0. The van der Waals surface area contributed by atoms with Crippen molar-refractivity contribution in [3.05, 3.63) is 65.5 Å². The van der Waals surface area contributed by atoms with E-state index in [2.05, 4.69) is 6.58 Å². The van der Waals surface area contributed by atoms with Crippen molar-refractivity contribution in [3.8, 4) is 5.75 Å². The van der Waals surface area contributed by atoms with Crippen molar-refractivity contribution in [1.82, 2.24) is 0 Å². The summed E-state index contributed by atoms with van der Waals surface area (Å²) in [6, 6.07) is 12.3. The van der Waals surface area contributed by atoms with Gasteiger partial charge in [-0.3, -0.25) is 0 Å². The van der Waals surface area contributed by atoms with E-state index in [9.17, 15) is 9.59 Å². The Labute approximate surface area is 131 Å². The Morgan fingerprint density at radius 1 is 1.13 bits per heavy atom. The minimum Gasteiger partial charge on any atom is -0.482 e. The lowest BCUT2D eigenvalue weighted by Crippen LogP contribution is -2.14. The summed E-state index contributed by atoms with van der Waals surface area (Å²) in [5.41, 5.74) is 0.00121. The first kappa shape index (κ1) is 14.8. The van der Waals surface area contributed by atoms with Crippen molar-refractivity contribution in [1.29, 1.82) is 0 Å². The topological polar surface area (TPSA) is 65.7 Å². The lowest BCUT2D eigenvalue weighted by molar-refractivity contribution is -0.144. The molecule has 3 rings (SSSR count). The summed E-state index contributed by atoms with van der Waals surface area (Å²) in [5.74, 6) is -0.0727. The molecule has 0 aliphatic carbocycles. The van der Waals surface area contributed by atoms with E-state index in [-0.39, 0.29) is 13.2 Å². The van der Waals surface area contributed by atoms with Gasteiger partial charge in [-0.2, -0.15) is 0 Å². The van der Waals surface area contributed by atoms with E-state index in [1.54, 1.807) is 30.3 Å². The molecule has 116 valence electrons. The highest BCUT2D eigenvalue weighted by molar-refractivity contribution is 6.04. The van der Waals surface area contributed by atoms with Crippen LogP contribution in [0, 0.1) is 0 Å². The number of hydrogen-bond donors (Lipinski definition) is 0. The van der Waals surface area contributed by atoms with Gasteiger partial charge in [0, 0.05) is 11.5 Å². The van der Waals surface area contributed by atoms with Gasteiger partial charge in [-0.15, -0.1) is 0 Å². The molecule has 0 atom stereocenters. The molecule has 2 aromatic carbocycles. The second kappa shape index (κ2) is 6.36. The van der Waals surface area contributed by atoms with Gasteiger partial charge in [0.15, 0.2) is 6.61 Å². The highest BCUT2D eigenvalue weighted by Gasteiger charge is 2.09. The number of esters is 1. The second-order valence-electron chi connectivity index (χ2n) is 4.85. The van der Waals surface area contributed by atoms with E-state index < -0.39 is 11.6 Å². The molecule has 0 amide bonds. The summed E-state index contributed by atoms with van der Waals surface area (Å²) in [6.07, 6.45) is 1.48. The Morgan fingerprint density at radius 2 is 1.91 bits per heavy atom.